The topological polar surface area (TPSA) is 50.1 Å². The molecular formula is C12H23N3O. The highest BCUT2D eigenvalue weighted by Crippen LogP contribution is 2.21. The van der Waals surface area contributed by atoms with Gasteiger partial charge < -0.3 is 10.4 Å². The molecule has 2 unspecified atom stereocenters. The summed E-state index contributed by atoms with van der Waals surface area (Å²) < 4.78 is 2.02. The van der Waals surface area contributed by atoms with Gasteiger partial charge in [0, 0.05) is 29.9 Å². The van der Waals surface area contributed by atoms with Crippen LogP contribution in [0, 0.1) is 13.8 Å². The first-order valence-corrected chi connectivity index (χ1v) is 5.92. The zero-order valence-electron chi connectivity index (χ0n) is 10.9. The average molecular weight is 225 g/mol. The summed E-state index contributed by atoms with van der Waals surface area (Å²) in [7, 11) is 0. The molecule has 0 bridgehead atoms. The third-order valence-electron chi connectivity index (χ3n) is 2.98. The molecule has 0 aliphatic heterocycles. The maximum Gasteiger partial charge on any atom is 0.0644 e. The first-order valence-electron chi connectivity index (χ1n) is 5.92. The Hall–Kier alpha value is -0.870. The normalized spacial score (nSPS) is 15.1. The van der Waals surface area contributed by atoms with E-state index in [1.54, 1.807) is 0 Å². The first-order chi connectivity index (χ1) is 7.51. The molecule has 1 rings (SSSR count). The lowest BCUT2D eigenvalue weighted by Crippen LogP contribution is -2.32. The van der Waals surface area contributed by atoms with Crippen LogP contribution >= 0.6 is 0 Å². The Labute approximate surface area is 97.7 Å². The molecule has 0 fully saturated rings. The van der Waals surface area contributed by atoms with Crippen molar-refractivity contribution in [3.05, 3.63) is 17.0 Å². The van der Waals surface area contributed by atoms with E-state index < -0.39 is 0 Å². The van der Waals surface area contributed by atoms with Crippen molar-refractivity contribution in [3.8, 4) is 0 Å². The van der Waals surface area contributed by atoms with Crippen LogP contribution < -0.4 is 5.32 Å². The van der Waals surface area contributed by atoms with Gasteiger partial charge in [0.25, 0.3) is 0 Å². The van der Waals surface area contributed by atoms with E-state index in [2.05, 4.69) is 31.2 Å². The monoisotopic (exact) mass is 225 g/mol. The van der Waals surface area contributed by atoms with Gasteiger partial charge in [-0.1, -0.05) is 0 Å². The molecule has 4 nitrogen and oxygen atoms in total. The second kappa shape index (κ2) is 5.46. The van der Waals surface area contributed by atoms with Crippen molar-refractivity contribution in [1.82, 2.24) is 15.1 Å². The van der Waals surface area contributed by atoms with Crippen LogP contribution in [0.1, 0.15) is 43.8 Å². The fourth-order valence-corrected chi connectivity index (χ4v) is 2.21. The predicted molar refractivity (Wildman–Crippen MR) is 65.5 cm³/mol. The molecule has 2 N–H and O–H groups in total. The molecule has 0 radical (unpaired) electrons. The van der Waals surface area contributed by atoms with Crippen LogP contribution in [0.5, 0.6) is 0 Å². The minimum Gasteiger partial charge on any atom is -0.395 e. The van der Waals surface area contributed by atoms with Crippen molar-refractivity contribution in [2.45, 2.75) is 53.2 Å². The maximum absolute atomic E-state index is 9.04. The summed E-state index contributed by atoms with van der Waals surface area (Å²) in [5.74, 6) is 0. The van der Waals surface area contributed by atoms with E-state index in [0.717, 1.165) is 12.2 Å². The molecule has 0 aliphatic rings. The number of aliphatic hydroxyl groups is 1. The molecule has 0 aromatic carbocycles. The number of rotatable bonds is 5. The van der Waals surface area contributed by atoms with Crippen molar-refractivity contribution in [2.75, 3.05) is 6.61 Å². The predicted octanol–water partition coefficient (Wildman–Crippen LogP) is 1.55. The Balaban J connectivity index is 2.90. The van der Waals surface area contributed by atoms with Crippen LogP contribution in [0.3, 0.4) is 0 Å². The quantitative estimate of drug-likeness (QED) is 0.799. The smallest absolute Gasteiger partial charge is 0.0644 e. The Bertz CT molecular complexity index is 346. The molecule has 0 aliphatic carbocycles. The Kier molecular flexibility index (Phi) is 4.50. The van der Waals surface area contributed by atoms with Gasteiger partial charge in [-0.05, 0) is 34.6 Å². The zero-order chi connectivity index (χ0) is 12.3. The molecule has 1 aromatic heterocycles. The zero-order valence-corrected chi connectivity index (χ0v) is 10.9. The highest BCUT2D eigenvalue weighted by molar-refractivity contribution is 5.27. The van der Waals surface area contributed by atoms with Crippen molar-refractivity contribution < 1.29 is 5.11 Å². The van der Waals surface area contributed by atoms with Gasteiger partial charge in [-0.25, -0.2) is 0 Å². The number of nitrogens with one attached hydrogen (secondary N) is 1. The molecule has 1 aromatic rings. The summed E-state index contributed by atoms with van der Waals surface area (Å²) in [6, 6.07) is 0.334. The third kappa shape index (κ3) is 2.62. The van der Waals surface area contributed by atoms with Crippen LogP contribution in [0.4, 0.5) is 0 Å². The molecule has 16 heavy (non-hydrogen) atoms. The Morgan fingerprint density at radius 2 is 2.00 bits per heavy atom. The van der Waals surface area contributed by atoms with E-state index in [4.69, 9.17) is 5.11 Å². The maximum atomic E-state index is 9.04. The Morgan fingerprint density at radius 3 is 2.44 bits per heavy atom. The van der Waals surface area contributed by atoms with Crippen LogP contribution in [0.15, 0.2) is 0 Å². The van der Waals surface area contributed by atoms with Gasteiger partial charge in [-0.2, -0.15) is 5.10 Å². The largest absolute Gasteiger partial charge is 0.395 e. The Morgan fingerprint density at radius 1 is 1.38 bits per heavy atom. The van der Waals surface area contributed by atoms with E-state index in [1.807, 2.05) is 18.5 Å². The summed E-state index contributed by atoms with van der Waals surface area (Å²) in [4.78, 5) is 0. The van der Waals surface area contributed by atoms with Crippen molar-refractivity contribution in [3.63, 3.8) is 0 Å². The van der Waals surface area contributed by atoms with Crippen LogP contribution in [0.25, 0.3) is 0 Å². The van der Waals surface area contributed by atoms with E-state index in [1.165, 1.54) is 11.3 Å². The molecule has 0 spiro atoms. The summed E-state index contributed by atoms with van der Waals surface area (Å²) in [5, 5.41) is 16.9. The fourth-order valence-electron chi connectivity index (χ4n) is 2.21. The molecular weight excluding hydrogens is 202 g/mol. The standard InChI is InChI=1S/C12H23N3O/c1-6-15-11(5)12(10(4)14-15)9(3)13-8(2)7-16/h8-9,13,16H,6-7H2,1-5H3. The lowest BCUT2D eigenvalue weighted by Gasteiger charge is -2.19. The molecule has 1 heterocycles. The summed E-state index contributed by atoms with van der Waals surface area (Å²) >= 11 is 0. The minimum absolute atomic E-state index is 0.110. The van der Waals surface area contributed by atoms with Gasteiger partial charge in [0.1, 0.15) is 0 Å². The molecule has 0 amide bonds. The van der Waals surface area contributed by atoms with Gasteiger partial charge in [-0.15, -0.1) is 0 Å². The van der Waals surface area contributed by atoms with Crippen molar-refractivity contribution in [2.24, 2.45) is 0 Å². The van der Waals surface area contributed by atoms with Gasteiger partial charge >= 0.3 is 0 Å². The van der Waals surface area contributed by atoms with Crippen LogP contribution in [-0.2, 0) is 6.54 Å². The van der Waals surface area contributed by atoms with Crippen LogP contribution in [-0.4, -0.2) is 27.5 Å². The molecule has 0 saturated heterocycles. The minimum atomic E-state index is 0.110. The number of aryl methyl sites for hydroxylation is 2. The van der Waals surface area contributed by atoms with E-state index in [0.29, 0.717) is 0 Å². The highest BCUT2D eigenvalue weighted by Gasteiger charge is 2.17. The lowest BCUT2D eigenvalue weighted by atomic mass is 10.1. The van der Waals surface area contributed by atoms with Gasteiger partial charge in [0.05, 0.1) is 12.3 Å². The number of hydrogen-bond acceptors (Lipinski definition) is 3. The molecule has 4 heteroatoms. The van der Waals surface area contributed by atoms with Crippen LogP contribution in [0.2, 0.25) is 0 Å². The highest BCUT2D eigenvalue weighted by atomic mass is 16.3. The third-order valence-corrected chi connectivity index (χ3v) is 2.98. The fraction of sp³-hybridized carbons (Fsp3) is 0.750. The summed E-state index contributed by atoms with van der Waals surface area (Å²) in [6.45, 7) is 11.4. The van der Waals surface area contributed by atoms with Gasteiger partial charge in [0.2, 0.25) is 0 Å². The molecule has 92 valence electrons. The van der Waals surface area contributed by atoms with E-state index in [-0.39, 0.29) is 18.7 Å². The first kappa shape index (κ1) is 13.2. The summed E-state index contributed by atoms with van der Waals surface area (Å²) in [5.41, 5.74) is 3.54. The van der Waals surface area contributed by atoms with E-state index in [9.17, 15) is 0 Å². The molecule has 2 atom stereocenters. The number of aromatic nitrogens is 2. The van der Waals surface area contributed by atoms with Crippen molar-refractivity contribution in [1.29, 1.82) is 0 Å². The van der Waals surface area contributed by atoms with E-state index >= 15 is 0 Å². The summed E-state index contributed by atoms with van der Waals surface area (Å²) in [6.07, 6.45) is 0. The second-order valence-corrected chi connectivity index (χ2v) is 4.37. The number of aliphatic hydroxyl groups excluding tert-OH is 1. The second-order valence-electron chi connectivity index (χ2n) is 4.37. The van der Waals surface area contributed by atoms with Crippen molar-refractivity contribution >= 4 is 0 Å². The van der Waals surface area contributed by atoms with Gasteiger partial charge in [-0.3, -0.25) is 4.68 Å². The SMILES string of the molecule is CCn1nc(C)c(C(C)NC(C)CO)c1C. The number of hydrogen-bond donors (Lipinski definition) is 2. The lowest BCUT2D eigenvalue weighted by molar-refractivity contribution is 0.243. The average Bonchev–Trinajstić information content (AvgIpc) is 2.53. The number of nitrogens with zero attached hydrogens (tertiary/aromatic N) is 2. The molecule has 0 saturated carbocycles. The van der Waals surface area contributed by atoms with Gasteiger partial charge in [0.15, 0.2) is 0 Å².